The number of benzene rings is 3. The summed E-state index contributed by atoms with van der Waals surface area (Å²) in [6, 6.07) is 18.6. The number of hydrogen-bond acceptors (Lipinski definition) is 5. The summed E-state index contributed by atoms with van der Waals surface area (Å²) in [7, 11) is -2.65. The Morgan fingerprint density at radius 3 is 2.17 bits per heavy atom. The first kappa shape index (κ1) is 31.7. The number of hydrogen-bond donors (Lipinski definition) is 1. The SMILES string of the molecule is CC[C@@H](C(=O)NC1CCCC1)N(Cc1ccc(OC)cc1)C(=O)CN(c1cc(Cl)cc(Cl)c1)S(=O)(=O)c1ccccc1. The number of halogens is 2. The molecular weight excluding hydrogens is 597 g/mol. The van der Waals surface area contributed by atoms with Crippen LogP contribution in [0.5, 0.6) is 5.75 Å². The van der Waals surface area contributed by atoms with E-state index in [0.29, 0.717) is 12.2 Å². The fourth-order valence-corrected chi connectivity index (χ4v) is 7.08. The molecule has 1 N–H and O–H groups in total. The van der Waals surface area contributed by atoms with E-state index in [1.165, 1.54) is 35.2 Å². The number of ether oxygens (including phenoxy) is 1. The molecular formula is C31H35Cl2N3O5S. The topological polar surface area (TPSA) is 96.0 Å². The molecule has 1 saturated carbocycles. The van der Waals surface area contributed by atoms with Crippen molar-refractivity contribution in [1.29, 1.82) is 0 Å². The molecule has 3 aromatic carbocycles. The van der Waals surface area contributed by atoms with Gasteiger partial charge in [0.05, 0.1) is 17.7 Å². The molecule has 4 rings (SSSR count). The van der Waals surface area contributed by atoms with Gasteiger partial charge in [-0.2, -0.15) is 0 Å². The van der Waals surface area contributed by atoms with E-state index in [1.807, 2.05) is 19.1 Å². The zero-order valence-electron chi connectivity index (χ0n) is 23.6. The minimum Gasteiger partial charge on any atom is -0.497 e. The van der Waals surface area contributed by atoms with Crippen molar-refractivity contribution in [3.8, 4) is 5.75 Å². The highest BCUT2D eigenvalue weighted by Crippen LogP contribution is 2.30. The molecule has 11 heteroatoms. The summed E-state index contributed by atoms with van der Waals surface area (Å²) in [5.74, 6) is -0.148. The molecule has 1 atom stereocenters. The number of nitrogens with zero attached hydrogens (tertiary/aromatic N) is 2. The number of methoxy groups -OCH3 is 1. The van der Waals surface area contributed by atoms with Gasteiger partial charge in [0.2, 0.25) is 11.8 Å². The largest absolute Gasteiger partial charge is 0.497 e. The lowest BCUT2D eigenvalue weighted by Crippen LogP contribution is -2.53. The molecule has 224 valence electrons. The first-order chi connectivity index (χ1) is 20.1. The van der Waals surface area contributed by atoms with Crippen LogP contribution in [0.3, 0.4) is 0 Å². The lowest BCUT2D eigenvalue weighted by Gasteiger charge is -2.34. The summed E-state index contributed by atoms with van der Waals surface area (Å²) in [5, 5.41) is 3.54. The summed E-state index contributed by atoms with van der Waals surface area (Å²) >= 11 is 12.5. The van der Waals surface area contributed by atoms with Crippen LogP contribution in [0.25, 0.3) is 0 Å². The Bertz CT molecular complexity index is 1460. The maximum Gasteiger partial charge on any atom is 0.264 e. The molecule has 0 saturated heterocycles. The van der Waals surface area contributed by atoms with Crippen LogP contribution in [0.1, 0.15) is 44.6 Å². The van der Waals surface area contributed by atoms with Crippen molar-refractivity contribution in [3.63, 3.8) is 0 Å². The molecule has 0 unspecified atom stereocenters. The van der Waals surface area contributed by atoms with Crippen LogP contribution < -0.4 is 14.4 Å². The molecule has 3 aromatic rings. The minimum atomic E-state index is -4.22. The summed E-state index contributed by atoms with van der Waals surface area (Å²) in [6.07, 6.45) is 4.23. The van der Waals surface area contributed by atoms with Gasteiger partial charge in [-0.3, -0.25) is 13.9 Å². The van der Waals surface area contributed by atoms with E-state index in [1.54, 1.807) is 37.4 Å². The highest BCUT2D eigenvalue weighted by molar-refractivity contribution is 7.92. The Morgan fingerprint density at radius 2 is 1.60 bits per heavy atom. The van der Waals surface area contributed by atoms with Crippen LogP contribution >= 0.6 is 23.2 Å². The number of nitrogens with one attached hydrogen (secondary N) is 1. The Balaban J connectivity index is 1.72. The Labute approximate surface area is 257 Å². The molecule has 0 heterocycles. The van der Waals surface area contributed by atoms with Crippen molar-refractivity contribution < 1.29 is 22.7 Å². The van der Waals surface area contributed by atoms with Gasteiger partial charge in [-0.05, 0) is 67.3 Å². The van der Waals surface area contributed by atoms with Crippen LogP contribution in [0.2, 0.25) is 10.0 Å². The van der Waals surface area contributed by atoms with E-state index < -0.39 is 28.5 Å². The average molecular weight is 633 g/mol. The van der Waals surface area contributed by atoms with Gasteiger partial charge >= 0.3 is 0 Å². The molecule has 0 radical (unpaired) electrons. The van der Waals surface area contributed by atoms with Crippen LogP contribution in [-0.4, -0.2) is 50.9 Å². The van der Waals surface area contributed by atoms with Gasteiger partial charge in [0.15, 0.2) is 0 Å². The zero-order chi connectivity index (χ0) is 30.3. The second-order valence-corrected chi connectivity index (χ2v) is 13.0. The second-order valence-electron chi connectivity index (χ2n) is 10.2. The number of amides is 2. The van der Waals surface area contributed by atoms with Gasteiger partial charge < -0.3 is 15.0 Å². The quantitative estimate of drug-likeness (QED) is 0.262. The average Bonchev–Trinajstić information content (AvgIpc) is 3.49. The van der Waals surface area contributed by atoms with E-state index >= 15 is 0 Å². The monoisotopic (exact) mass is 631 g/mol. The van der Waals surface area contributed by atoms with Crippen LogP contribution in [0.4, 0.5) is 5.69 Å². The van der Waals surface area contributed by atoms with E-state index in [9.17, 15) is 18.0 Å². The summed E-state index contributed by atoms with van der Waals surface area (Å²) in [6.45, 7) is 1.36. The first-order valence-electron chi connectivity index (χ1n) is 13.9. The summed E-state index contributed by atoms with van der Waals surface area (Å²) in [5.41, 5.74) is 0.900. The Morgan fingerprint density at radius 1 is 0.976 bits per heavy atom. The van der Waals surface area contributed by atoms with Crippen molar-refractivity contribution in [2.45, 2.75) is 62.6 Å². The molecule has 2 amide bonds. The van der Waals surface area contributed by atoms with Gasteiger partial charge in [-0.15, -0.1) is 0 Å². The third-order valence-corrected chi connectivity index (χ3v) is 9.57. The predicted molar refractivity (Wildman–Crippen MR) is 165 cm³/mol. The molecule has 0 bridgehead atoms. The smallest absolute Gasteiger partial charge is 0.264 e. The van der Waals surface area contributed by atoms with Crippen LogP contribution in [0.15, 0.2) is 77.7 Å². The lowest BCUT2D eigenvalue weighted by molar-refractivity contribution is -0.140. The van der Waals surface area contributed by atoms with E-state index in [0.717, 1.165) is 35.6 Å². The van der Waals surface area contributed by atoms with Crippen molar-refractivity contribution >= 4 is 50.7 Å². The Kier molecular flexibility index (Phi) is 10.8. The maximum atomic E-state index is 14.2. The van der Waals surface area contributed by atoms with Crippen LogP contribution in [0, 0.1) is 0 Å². The molecule has 42 heavy (non-hydrogen) atoms. The third kappa shape index (κ3) is 7.76. The summed E-state index contributed by atoms with van der Waals surface area (Å²) in [4.78, 5) is 29.2. The maximum absolute atomic E-state index is 14.2. The lowest BCUT2D eigenvalue weighted by atomic mass is 10.1. The van der Waals surface area contributed by atoms with Crippen molar-refractivity contribution in [2.75, 3.05) is 18.0 Å². The standard InChI is InChI=1S/C31H35Cl2N3O5S/c1-3-29(31(38)34-25-9-7-8-10-25)35(20-22-13-15-27(41-2)16-14-22)30(37)21-36(26-18-23(32)17-24(33)19-26)42(39,40)28-11-5-4-6-12-28/h4-6,11-19,25,29H,3,7-10,20-21H2,1-2H3,(H,34,38)/t29-/m0/s1. The number of carbonyl (C=O) groups is 2. The number of rotatable bonds is 12. The fourth-order valence-electron chi connectivity index (χ4n) is 5.15. The van der Waals surface area contributed by atoms with E-state index in [4.69, 9.17) is 27.9 Å². The molecule has 1 aliphatic carbocycles. The number of sulfonamides is 1. The van der Waals surface area contributed by atoms with Crippen LogP contribution in [-0.2, 0) is 26.2 Å². The third-order valence-electron chi connectivity index (χ3n) is 7.34. The molecule has 0 spiro atoms. The van der Waals surface area contributed by atoms with Gasteiger partial charge in [0.25, 0.3) is 10.0 Å². The fraction of sp³-hybridized carbons (Fsp3) is 0.355. The molecule has 0 aromatic heterocycles. The highest BCUT2D eigenvalue weighted by Gasteiger charge is 2.34. The van der Waals surface area contributed by atoms with E-state index in [2.05, 4.69) is 5.32 Å². The second kappa shape index (κ2) is 14.3. The van der Waals surface area contributed by atoms with Crippen molar-refractivity contribution in [1.82, 2.24) is 10.2 Å². The molecule has 1 fully saturated rings. The normalized spacial score (nSPS) is 14.3. The van der Waals surface area contributed by atoms with E-state index in [-0.39, 0.29) is 39.1 Å². The van der Waals surface area contributed by atoms with Crippen molar-refractivity contribution in [3.05, 3.63) is 88.4 Å². The predicted octanol–water partition coefficient (Wildman–Crippen LogP) is 6.06. The number of anilines is 1. The molecule has 8 nitrogen and oxygen atoms in total. The van der Waals surface area contributed by atoms with Gasteiger partial charge in [0, 0.05) is 22.6 Å². The zero-order valence-corrected chi connectivity index (χ0v) is 26.0. The molecule has 0 aliphatic heterocycles. The van der Waals surface area contributed by atoms with Gasteiger partial charge in [-0.25, -0.2) is 8.42 Å². The minimum absolute atomic E-state index is 0.00150. The summed E-state index contributed by atoms with van der Waals surface area (Å²) < 4.78 is 34.1. The van der Waals surface area contributed by atoms with Crippen molar-refractivity contribution in [2.24, 2.45) is 0 Å². The van der Waals surface area contributed by atoms with Gasteiger partial charge in [-0.1, -0.05) is 73.3 Å². The van der Waals surface area contributed by atoms with Gasteiger partial charge in [0.1, 0.15) is 18.3 Å². The molecule has 1 aliphatic rings. The Hall–Kier alpha value is -3.27. The first-order valence-corrected chi connectivity index (χ1v) is 16.1. The number of carbonyl (C=O) groups excluding carboxylic acids is 2. The highest BCUT2D eigenvalue weighted by atomic mass is 35.5.